The van der Waals surface area contributed by atoms with Crippen molar-refractivity contribution in [2.75, 3.05) is 31.1 Å². The number of anilines is 1. The quantitative estimate of drug-likeness (QED) is 0.741. The van der Waals surface area contributed by atoms with Gasteiger partial charge in [0.2, 0.25) is 0 Å². The van der Waals surface area contributed by atoms with E-state index in [2.05, 4.69) is 47.5 Å². The first kappa shape index (κ1) is 20.8. The number of carbonyl (C=O) groups excluding carboxylic acids is 1. The highest BCUT2D eigenvalue weighted by atomic mass is 16.1. The van der Waals surface area contributed by atoms with Gasteiger partial charge in [0, 0.05) is 50.0 Å². The molecule has 0 amide bonds. The van der Waals surface area contributed by atoms with Gasteiger partial charge >= 0.3 is 0 Å². The van der Waals surface area contributed by atoms with Crippen LogP contribution in [0.1, 0.15) is 78.0 Å². The normalized spacial score (nSPS) is 30.8. The van der Waals surface area contributed by atoms with Gasteiger partial charge in [-0.05, 0) is 43.9 Å². The first-order valence-electron chi connectivity index (χ1n) is 11.7. The zero-order valence-corrected chi connectivity index (χ0v) is 18.7. The number of piperazine rings is 1. The van der Waals surface area contributed by atoms with E-state index in [1.54, 1.807) is 0 Å². The van der Waals surface area contributed by atoms with Crippen LogP contribution in [0.4, 0.5) is 5.69 Å². The van der Waals surface area contributed by atoms with Crippen LogP contribution < -0.4 is 4.90 Å². The molecule has 160 valence electrons. The largest absolute Gasteiger partial charge is 0.366 e. The van der Waals surface area contributed by atoms with Gasteiger partial charge in [0.05, 0.1) is 18.1 Å². The Morgan fingerprint density at radius 3 is 2.10 bits per heavy atom. The van der Waals surface area contributed by atoms with E-state index < -0.39 is 0 Å². The average Bonchev–Trinajstić information content (AvgIpc) is 2.72. The monoisotopic (exact) mass is 398 g/mol. The van der Waals surface area contributed by atoms with E-state index in [1.807, 2.05) is 12.4 Å². The zero-order chi connectivity index (χ0) is 20.6. The molecule has 1 aliphatic heterocycles. The molecule has 2 saturated carbocycles. The van der Waals surface area contributed by atoms with Crippen molar-refractivity contribution >= 4 is 11.5 Å². The Hall–Kier alpha value is -1.49. The van der Waals surface area contributed by atoms with Crippen LogP contribution in [0.15, 0.2) is 12.4 Å². The van der Waals surface area contributed by atoms with Gasteiger partial charge in [-0.1, -0.05) is 27.7 Å². The number of rotatable bonds is 5. The number of aromatic nitrogens is 2. The Labute approximate surface area is 176 Å². The molecule has 0 bridgehead atoms. The van der Waals surface area contributed by atoms with Gasteiger partial charge in [0.1, 0.15) is 11.6 Å². The molecular formula is C24H38N4O. The first-order chi connectivity index (χ1) is 13.9. The van der Waals surface area contributed by atoms with Crippen molar-refractivity contribution in [3.63, 3.8) is 0 Å². The van der Waals surface area contributed by atoms with Crippen molar-refractivity contribution in [1.82, 2.24) is 14.9 Å². The van der Waals surface area contributed by atoms with Crippen LogP contribution in [0, 0.1) is 17.3 Å². The van der Waals surface area contributed by atoms with E-state index in [0.717, 1.165) is 56.6 Å². The van der Waals surface area contributed by atoms with Crippen molar-refractivity contribution in [1.29, 1.82) is 0 Å². The third kappa shape index (κ3) is 4.35. The van der Waals surface area contributed by atoms with Crippen LogP contribution in [-0.2, 0) is 4.79 Å². The van der Waals surface area contributed by atoms with Gasteiger partial charge in [-0.25, -0.2) is 9.97 Å². The average molecular weight is 399 g/mol. The molecule has 1 saturated heterocycles. The summed E-state index contributed by atoms with van der Waals surface area (Å²) in [6, 6.07) is 0.758. The smallest absolute Gasteiger partial charge is 0.138 e. The van der Waals surface area contributed by atoms with Gasteiger partial charge in [-0.3, -0.25) is 9.69 Å². The zero-order valence-electron chi connectivity index (χ0n) is 18.7. The molecule has 0 radical (unpaired) electrons. The van der Waals surface area contributed by atoms with Crippen molar-refractivity contribution < 1.29 is 4.79 Å². The van der Waals surface area contributed by atoms with Crippen LogP contribution in [0.5, 0.6) is 0 Å². The summed E-state index contributed by atoms with van der Waals surface area (Å²) in [5.74, 6) is 2.35. The van der Waals surface area contributed by atoms with E-state index in [-0.39, 0.29) is 5.92 Å². The number of ketones is 1. The number of Topliss-reactive ketones (excluding diaryl/α,β-unsaturated/α-hetero) is 1. The summed E-state index contributed by atoms with van der Waals surface area (Å²) >= 11 is 0. The minimum absolute atomic E-state index is 0.200. The molecule has 3 aliphatic rings. The summed E-state index contributed by atoms with van der Waals surface area (Å²) < 4.78 is 0. The standard InChI is InChI=1S/C24H38N4O/c1-17(2)22(29)19-5-7-24(8-6-19)13-20(14-24)27-9-11-28(12-10-27)21-15-25-23(18(3)4)26-16-21/h15-20H,5-14H2,1-4H3. The molecule has 0 atom stereocenters. The molecule has 1 aromatic rings. The summed E-state index contributed by atoms with van der Waals surface area (Å²) in [5, 5.41) is 0. The summed E-state index contributed by atoms with van der Waals surface area (Å²) in [6.07, 6.45) is 11.5. The van der Waals surface area contributed by atoms with Gasteiger partial charge in [0.25, 0.3) is 0 Å². The second kappa shape index (κ2) is 8.33. The SMILES string of the molecule is CC(C)C(=O)C1CCC2(CC1)CC(N1CCN(c3cnc(C(C)C)nc3)CC1)C2. The molecule has 0 N–H and O–H groups in total. The number of hydrogen-bond donors (Lipinski definition) is 0. The topological polar surface area (TPSA) is 49.3 Å². The van der Waals surface area contributed by atoms with Crippen LogP contribution in [0.2, 0.25) is 0 Å². The van der Waals surface area contributed by atoms with Gasteiger partial charge < -0.3 is 4.90 Å². The Bertz CT molecular complexity index is 690. The maximum Gasteiger partial charge on any atom is 0.138 e. The molecule has 5 heteroatoms. The van der Waals surface area contributed by atoms with Crippen molar-refractivity contribution in [3.05, 3.63) is 18.2 Å². The summed E-state index contributed by atoms with van der Waals surface area (Å²) in [5.41, 5.74) is 1.71. The molecule has 0 aromatic carbocycles. The molecule has 3 fully saturated rings. The Kier molecular flexibility index (Phi) is 5.97. The molecule has 1 aromatic heterocycles. The van der Waals surface area contributed by atoms with Crippen molar-refractivity contribution in [2.24, 2.45) is 17.3 Å². The fourth-order valence-electron chi connectivity index (χ4n) is 5.73. The van der Waals surface area contributed by atoms with Crippen LogP contribution in [0.25, 0.3) is 0 Å². The molecule has 29 heavy (non-hydrogen) atoms. The predicted octanol–water partition coefficient (Wildman–Crippen LogP) is 4.29. The molecular weight excluding hydrogens is 360 g/mol. The molecule has 2 heterocycles. The molecule has 4 rings (SSSR count). The van der Waals surface area contributed by atoms with E-state index >= 15 is 0 Å². The summed E-state index contributed by atoms with van der Waals surface area (Å²) in [6.45, 7) is 12.8. The lowest BCUT2D eigenvalue weighted by atomic mass is 9.56. The van der Waals surface area contributed by atoms with E-state index in [4.69, 9.17) is 0 Å². The molecule has 5 nitrogen and oxygen atoms in total. The van der Waals surface area contributed by atoms with Gasteiger partial charge in [-0.2, -0.15) is 0 Å². The minimum Gasteiger partial charge on any atom is -0.366 e. The van der Waals surface area contributed by atoms with Crippen molar-refractivity contribution in [2.45, 2.75) is 78.2 Å². The van der Waals surface area contributed by atoms with E-state index in [1.165, 1.54) is 25.7 Å². The highest BCUT2D eigenvalue weighted by Crippen LogP contribution is 2.54. The maximum absolute atomic E-state index is 12.3. The van der Waals surface area contributed by atoms with Crippen LogP contribution >= 0.6 is 0 Å². The summed E-state index contributed by atoms with van der Waals surface area (Å²) in [4.78, 5) is 26.5. The Morgan fingerprint density at radius 2 is 1.59 bits per heavy atom. The lowest BCUT2D eigenvalue weighted by Gasteiger charge is -2.56. The Balaban J connectivity index is 1.23. The maximum atomic E-state index is 12.3. The lowest BCUT2D eigenvalue weighted by molar-refractivity contribution is -0.129. The molecule has 0 unspecified atom stereocenters. The Morgan fingerprint density at radius 1 is 1.00 bits per heavy atom. The second-order valence-corrected chi connectivity index (χ2v) is 10.4. The highest BCUT2D eigenvalue weighted by molar-refractivity contribution is 5.82. The molecule has 1 spiro atoms. The first-order valence-corrected chi connectivity index (χ1v) is 11.7. The van der Waals surface area contributed by atoms with Crippen LogP contribution in [-0.4, -0.2) is 52.9 Å². The number of hydrogen-bond acceptors (Lipinski definition) is 5. The molecule has 2 aliphatic carbocycles. The van der Waals surface area contributed by atoms with Gasteiger partial charge in [0.15, 0.2) is 0 Å². The fourth-order valence-corrected chi connectivity index (χ4v) is 5.73. The van der Waals surface area contributed by atoms with E-state index in [0.29, 0.717) is 23.0 Å². The fraction of sp³-hybridized carbons (Fsp3) is 0.792. The number of carbonyl (C=O) groups is 1. The van der Waals surface area contributed by atoms with Crippen molar-refractivity contribution in [3.8, 4) is 0 Å². The van der Waals surface area contributed by atoms with Crippen LogP contribution in [0.3, 0.4) is 0 Å². The number of nitrogens with zero attached hydrogens (tertiary/aromatic N) is 4. The predicted molar refractivity (Wildman–Crippen MR) is 117 cm³/mol. The lowest BCUT2D eigenvalue weighted by Crippen LogP contribution is -2.57. The minimum atomic E-state index is 0.200. The van der Waals surface area contributed by atoms with E-state index in [9.17, 15) is 4.79 Å². The van der Waals surface area contributed by atoms with Gasteiger partial charge in [-0.15, -0.1) is 0 Å². The third-order valence-corrected chi connectivity index (χ3v) is 7.73. The summed E-state index contributed by atoms with van der Waals surface area (Å²) in [7, 11) is 0. The highest BCUT2D eigenvalue weighted by Gasteiger charge is 2.48. The third-order valence-electron chi connectivity index (χ3n) is 7.73. The second-order valence-electron chi connectivity index (χ2n) is 10.4.